The number of hydrogen-bond donors (Lipinski definition) is 1. The quantitative estimate of drug-likeness (QED) is 0.874. The summed E-state index contributed by atoms with van der Waals surface area (Å²) < 4.78 is 0. The lowest BCUT2D eigenvalue weighted by Crippen LogP contribution is -2.51. The van der Waals surface area contributed by atoms with E-state index in [0.717, 1.165) is 25.8 Å². The lowest BCUT2D eigenvalue weighted by atomic mass is 9.97. The molecule has 6 heteroatoms. The van der Waals surface area contributed by atoms with Gasteiger partial charge in [-0.25, -0.2) is 0 Å². The van der Waals surface area contributed by atoms with E-state index in [1.165, 1.54) is 15.3 Å². The fourth-order valence-electron chi connectivity index (χ4n) is 3.71. The molecule has 2 aliphatic rings. The van der Waals surface area contributed by atoms with Crippen LogP contribution in [0.2, 0.25) is 0 Å². The molecule has 1 saturated carbocycles. The first-order valence-electron chi connectivity index (χ1n) is 8.67. The Labute approximate surface area is 156 Å². The Hall–Kier alpha value is -1.68. The minimum Gasteiger partial charge on any atom is -0.337 e. The summed E-state index contributed by atoms with van der Waals surface area (Å²) in [5.74, 6) is 0.260. The SMILES string of the molecule is C[C@@](C#N)(NC(=O)CN1CCc2sccc2[C@@H]1c1cccs1)C1CC1. The number of fused-ring (bicyclic) bond motifs is 1. The first-order valence-corrected chi connectivity index (χ1v) is 10.4. The Morgan fingerprint density at radius 3 is 2.92 bits per heavy atom. The summed E-state index contributed by atoms with van der Waals surface area (Å²) in [4.78, 5) is 17.6. The minimum atomic E-state index is -0.723. The van der Waals surface area contributed by atoms with Crippen LogP contribution in [-0.2, 0) is 11.2 Å². The molecule has 0 radical (unpaired) electrons. The van der Waals surface area contributed by atoms with Crippen molar-refractivity contribution in [3.63, 3.8) is 0 Å². The summed E-state index contributed by atoms with van der Waals surface area (Å²) >= 11 is 3.55. The minimum absolute atomic E-state index is 0.0452. The van der Waals surface area contributed by atoms with Crippen LogP contribution in [-0.4, -0.2) is 29.4 Å². The topological polar surface area (TPSA) is 56.1 Å². The van der Waals surface area contributed by atoms with Crippen molar-refractivity contribution in [2.24, 2.45) is 5.92 Å². The fourth-order valence-corrected chi connectivity index (χ4v) is 5.49. The summed E-state index contributed by atoms with van der Waals surface area (Å²) in [5, 5.41) is 16.7. The molecule has 0 spiro atoms. The number of carbonyl (C=O) groups is 1. The van der Waals surface area contributed by atoms with Gasteiger partial charge in [0.05, 0.1) is 18.7 Å². The number of hydrogen-bond acceptors (Lipinski definition) is 5. The second-order valence-electron chi connectivity index (χ2n) is 7.07. The van der Waals surface area contributed by atoms with E-state index in [1.54, 1.807) is 11.3 Å². The Morgan fingerprint density at radius 2 is 2.24 bits per heavy atom. The van der Waals surface area contributed by atoms with Gasteiger partial charge in [-0.15, -0.1) is 22.7 Å². The largest absolute Gasteiger partial charge is 0.337 e. The molecule has 0 saturated heterocycles. The van der Waals surface area contributed by atoms with E-state index in [1.807, 2.05) is 18.3 Å². The van der Waals surface area contributed by atoms with Crippen LogP contribution in [0.15, 0.2) is 29.0 Å². The molecule has 1 N–H and O–H groups in total. The van der Waals surface area contributed by atoms with E-state index in [-0.39, 0.29) is 11.9 Å². The monoisotopic (exact) mass is 371 g/mol. The zero-order valence-corrected chi connectivity index (χ0v) is 15.8. The highest BCUT2D eigenvalue weighted by molar-refractivity contribution is 7.10. The first kappa shape index (κ1) is 16.8. The van der Waals surface area contributed by atoms with E-state index < -0.39 is 5.54 Å². The molecule has 4 nitrogen and oxygen atoms in total. The third-order valence-corrected chi connectivity index (χ3v) is 7.17. The van der Waals surface area contributed by atoms with E-state index in [4.69, 9.17) is 0 Å². The molecule has 0 unspecified atom stereocenters. The van der Waals surface area contributed by atoms with Crippen molar-refractivity contribution in [3.8, 4) is 6.07 Å². The highest BCUT2D eigenvalue weighted by atomic mass is 32.1. The molecule has 2 aromatic heterocycles. The molecule has 1 amide bonds. The number of amides is 1. The number of nitriles is 1. The standard InChI is InChI=1S/C19H21N3OS2/c1-19(12-20,13-4-5-13)21-17(23)11-22-8-6-15-14(7-10-25-15)18(22)16-3-2-9-24-16/h2-3,7,9-10,13,18H,4-6,8,11H2,1H3,(H,21,23)/t18-,19+/m1/s1. The molecule has 0 aromatic carbocycles. The van der Waals surface area contributed by atoms with Gasteiger partial charge in [-0.3, -0.25) is 9.69 Å². The molecule has 0 bridgehead atoms. The van der Waals surface area contributed by atoms with Gasteiger partial charge in [-0.2, -0.15) is 5.26 Å². The molecule has 1 aliphatic heterocycles. The van der Waals surface area contributed by atoms with E-state index in [0.29, 0.717) is 12.5 Å². The second kappa shape index (κ2) is 6.56. The van der Waals surface area contributed by atoms with Crippen LogP contribution in [0.1, 0.15) is 41.1 Å². The van der Waals surface area contributed by atoms with Gasteiger partial charge in [0.25, 0.3) is 0 Å². The van der Waals surface area contributed by atoms with Crippen molar-refractivity contribution in [1.82, 2.24) is 10.2 Å². The lowest BCUT2D eigenvalue weighted by molar-refractivity contribution is -0.124. The summed E-state index contributed by atoms with van der Waals surface area (Å²) in [6.45, 7) is 3.06. The van der Waals surface area contributed by atoms with Crippen molar-refractivity contribution in [1.29, 1.82) is 5.26 Å². The van der Waals surface area contributed by atoms with Gasteiger partial charge in [0, 0.05) is 16.3 Å². The Bertz CT molecular complexity index is 803. The van der Waals surface area contributed by atoms with Crippen LogP contribution in [0.3, 0.4) is 0 Å². The highest BCUT2D eigenvalue weighted by Crippen LogP contribution is 2.40. The van der Waals surface area contributed by atoms with Gasteiger partial charge in [-0.05, 0) is 60.6 Å². The Kier molecular flexibility index (Phi) is 4.40. The van der Waals surface area contributed by atoms with Crippen LogP contribution in [0.25, 0.3) is 0 Å². The van der Waals surface area contributed by atoms with Crippen molar-refractivity contribution < 1.29 is 4.79 Å². The van der Waals surface area contributed by atoms with Gasteiger partial charge in [0.15, 0.2) is 0 Å². The maximum Gasteiger partial charge on any atom is 0.235 e. The molecule has 130 valence electrons. The molecule has 4 rings (SSSR count). The number of nitrogens with one attached hydrogen (secondary N) is 1. The molecule has 1 fully saturated rings. The van der Waals surface area contributed by atoms with E-state index in [9.17, 15) is 10.1 Å². The second-order valence-corrected chi connectivity index (χ2v) is 9.05. The maximum atomic E-state index is 12.7. The number of rotatable bonds is 5. The lowest BCUT2D eigenvalue weighted by Gasteiger charge is -2.35. The van der Waals surface area contributed by atoms with E-state index in [2.05, 4.69) is 45.2 Å². The Balaban J connectivity index is 1.53. The smallest absolute Gasteiger partial charge is 0.235 e. The van der Waals surface area contributed by atoms with Crippen molar-refractivity contribution in [2.75, 3.05) is 13.1 Å². The summed E-state index contributed by atoms with van der Waals surface area (Å²) in [6.07, 6.45) is 3.05. The normalized spacial score (nSPS) is 22.6. The van der Waals surface area contributed by atoms with Crippen molar-refractivity contribution >= 4 is 28.6 Å². The van der Waals surface area contributed by atoms with Crippen LogP contribution in [0, 0.1) is 17.2 Å². The third kappa shape index (κ3) is 3.24. The predicted octanol–water partition coefficient (Wildman–Crippen LogP) is 3.57. The summed E-state index contributed by atoms with van der Waals surface area (Å²) in [6, 6.07) is 8.87. The van der Waals surface area contributed by atoms with Gasteiger partial charge in [-0.1, -0.05) is 6.07 Å². The molecule has 2 atom stereocenters. The third-order valence-electron chi connectivity index (χ3n) is 5.25. The van der Waals surface area contributed by atoms with Crippen LogP contribution >= 0.6 is 22.7 Å². The summed E-state index contributed by atoms with van der Waals surface area (Å²) in [5.41, 5.74) is 0.607. The van der Waals surface area contributed by atoms with Crippen molar-refractivity contribution in [3.05, 3.63) is 44.3 Å². The average molecular weight is 372 g/mol. The molecular weight excluding hydrogens is 350 g/mol. The van der Waals surface area contributed by atoms with Crippen LogP contribution < -0.4 is 5.32 Å². The molecule has 2 aromatic rings. The first-order chi connectivity index (χ1) is 12.1. The fraction of sp³-hybridized carbons (Fsp3) is 0.474. The summed E-state index contributed by atoms with van der Waals surface area (Å²) in [7, 11) is 0. The Morgan fingerprint density at radius 1 is 1.40 bits per heavy atom. The number of thiophene rings is 2. The highest BCUT2D eigenvalue weighted by Gasteiger charge is 2.43. The zero-order chi connectivity index (χ0) is 17.4. The van der Waals surface area contributed by atoms with Gasteiger partial charge < -0.3 is 5.32 Å². The van der Waals surface area contributed by atoms with Crippen LogP contribution in [0.5, 0.6) is 0 Å². The number of nitrogens with zero attached hydrogens (tertiary/aromatic N) is 2. The van der Waals surface area contributed by atoms with Gasteiger partial charge in [0.2, 0.25) is 5.91 Å². The average Bonchev–Trinajstić information content (AvgIpc) is 3.13. The predicted molar refractivity (Wildman–Crippen MR) is 101 cm³/mol. The van der Waals surface area contributed by atoms with Crippen molar-refractivity contribution in [2.45, 2.75) is 37.8 Å². The molecule has 3 heterocycles. The molecule has 1 aliphatic carbocycles. The van der Waals surface area contributed by atoms with Gasteiger partial charge >= 0.3 is 0 Å². The molecular formula is C19H21N3OS2. The zero-order valence-electron chi connectivity index (χ0n) is 14.2. The van der Waals surface area contributed by atoms with Crippen LogP contribution in [0.4, 0.5) is 0 Å². The van der Waals surface area contributed by atoms with Gasteiger partial charge in [0.1, 0.15) is 5.54 Å². The number of carbonyl (C=O) groups excluding carboxylic acids is 1. The van der Waals surface area contributed by atoms with E-state index >= 15 is 0 Å². The molecule has 25 heavy (non-hydrogen) atoms. The maximum absolute atomic E-state index is 12.7.